The number of nitriles is 1. The van der Waals surface area contributed by atoms with E-state index in [1.165, 1.54) is 12.8 Å². The molecular formula is C15H29N3. The second-order valence-electron chi connectivity index (χ2n) is 5.81. The molecule has 3 nitrogen and oxygen atoms in total. The van der Waals surface area contributed by atoms with Crippen molar-refractivity contribution < 1.29 is 0 Å². The van der Waals surface area contributed by atoms with Gasteiger partial charge in [-0.2, -0.15) is 5.26 Å². The van der Waals surface area contributed by atoms with Gasteiger partial charge in [0.2, 0.25) is 0 Å². The van der Waals surface area contributed by atoms with Crippen molar-refractivity contribution >= 4 is 0 Å². The Balaban J connectivity index is 2.39. The van der Waals surface area contributed by atoms with E-state index in [1.54, 1.807) is 0 Å². The minimum Gasteiger partial charge on any atom is -0.301 e. The van der Waals surface area contributed by atoms with Crippen molar-refractivity contribution in [1.29, 1.82) is 5.26 Å². The molecular weight excluding hydrogens is 222 g/mol. The summed E-state index contributed by atoms with van der Waals surface area (Å²) in [7, 11) is 0. The molecule has 0 heterocycles. The molecule has 18 heavy (non-hydrogen) atoms. The largest absolute Gasteiger partial charge is 0.301 e. The Morgan fingerprint density at radius 2 is 2.06 bits per heavy atom. The van der Waals surface area contributed by atoms with E-state index in [-0.39, 0.29) is 5.54 Å². The van der Waals surface area contributed by atoms with Crippen LogP contribution in [0.25, 0.3) is 0 Å². The van der Waals surface area contributed by atoms with Crippen LogP contribution in [0.4, 0.5) is 0 Å². The fourth-order valence-corrected chi connectivity index (χ4v) is 2.69. The van der Waals surface area contributed by atoms with Gasteiger partial charge in [-0.1, -0.05) is 13.8 Å². The van der Waals surface area contributed by atoms with Gasteiger partial charge in [-0.3, -0.25) is 5.32 Å². The Bertz CT molecular complexity index is 278. The van der Waals surface area contributed by atoms with Gasteiger partial charge >= 0.3 is 0 Å². The van der Waals surface area contributed by atoms with E-state index in [9.17, 15) is 5.26 Å². The quantitative estimate of drug-likeness (QED) is 0.685. The Hall–Kier alpha value is -0.590. The highest BCUT2D eigenvalue weighted by molar-refractivity contribution is 5.07. The van der Waals surface area contributed by atoms with Gasteiger partial charge in [0.05, 0.1) is 6.07 Å². The van der Waals surface area contributed by atoms with Gasteiger partial charge in [-0.05, 0) is 59.0 Å². The van der Waals surface area contributed by atoms with E-state index in [1.807, 2.05) is 0 Å². The Morgan fingerprint density at radius 3 is 2.44 bits per heavy atom. The zero-order valence-electron chi connectivity index (χ0n) is 12.5. The topological polar surface area (TPSA) is 39.1 Å². The molecule has 0 radical (unpaired) electrons. The number of nitrogens with one attached hydrogen (secondary N) is 1. The molecule has 1 rings (SSSR count). The summed E-state index contributed by atoms with van der Waals surface area (Å²) in [4.78, 5) is 2.56. The Morgan fingerprint density at radius 1 is 1.39 bits per heavy atom. The zero-order chi connectivity index (χ0) is 13.6. The highest BCUT2D eigenvalue weighted by Gasteiger charge is 2.30. The van der Waals surface area contributed by atoms with Crippen LogP contribution in [0.5, 0.6) is 0 Å². The number of nitrogens with zero attached hydrogens (tertiary/aromatic N) is 2. The summed E-state index contributed by atoms with van der Waals surface area (Å²) in [5.41, 5.74) is -0.322. The molecule has 0 bridgehead atoms. The van der Waals surface area contributed by atoms with Gasteiger partial charge in [0, 0.05) is 12.1 Å². The summed E-state index contributed by atoms with van der Waals surface area (Å²) >= 11 is 0. The van der Waals surface area contributed by atoms with Crippen LogP contribution in [0, 0.1) is 11.3 Å². The molecule has 1 N–H and O–H groups in total. The van der Waals surface area contributed by atoms with E-state index in [0.717, 1.165) is 38.4 Å². The molecule has 0 aliphatic heterocycles. The van der Waals surface area contributed by atoms with Gasteiger partial charge in [-0.15, -0.1) is 0 Å². The number of rotatable bonds is 9. The standard InChI is InChI=1S/C15H29N3/c1-5-15(12-16,17-13(3)4)10-7-11-18(6-2)14-8-9-14/h13-14,17H,5-11H2,1-4H3. The van der Waals surface area contributed by atoms with Gasteiger partial charge < -0.3 is 4.90 Å². The molecule has 0 spiro atoms. The Labute approximate surface area is 113 Å². The maximum Gasteiger partial charge on any atom is 0.106 e. The van der Waals surface area contributed by atoms with Crippen molar-refractivity contribution in [2.45, 2.75) is 77.4 Å². The van der Waals surface area contributed by atoms with Crippen molar-refractivity contribution in [2.24, 2.45) is 0 Å². The lowest BCUT2D eigenvalue weighted by Crippen LogP contribution is -2.47. The predicted molar refractivity (Wildman–Crippen MR) is 76.4 cm³/mol. The van der Waals surface area contributed by atoms with Crippen LogP contribution in [0.2, 0.25) is 0 Å². The maximum absolute atomic E-state index is 9.44. The molecule has 0 aromatic heterocycles. The highest BCUT2D eigenvalue weighted by Crippen LogP contribution is 2.27. The molecule has 0 aromatic carbocycles. The molecule has 1 fully saturated rings. The number of hydrogen-bond donors (Lipinski definition) is 1. The van der Waals surface area contributed by atoms with Crippen LogP contribution in [0.15, 0.2) is 0 Å². The lowest BCUT2D eigenvalue weighted by Gasteiger charge is -2.30. The van der Waals surface area contributed by atoms with Crippen molar-refractivity contribution in [3.8, 4) is 6.07 Å². The first-order valence-electron chi connectivity index (χ1n) is 7.50. The lowest BCUT2D eigenvalue weighted by molar-refractivity contribution is 0.250. The number of hydrogen-bond acceptors (Lipinski definition) is 3. The molecule has 3 heteroatoms. The Kier molecular flexibility index (Phi) is 6.11. The van der Waals surface area contributed by atoms with Gasteiger partial charge in [0.1, 0.15) is 5.54 Å². The minimum absolute atomic E-state index is 0.322. The normalized spacial score (nSPS) is 18.9. The molecule has 0 aromatic rings. The molecule has 1 saturated carbocycles. The van der Waals surface area contributed by atoms with Gasteiger partial charge in [0.15, 0.2) is 0 Å². The molecule has 0 amide bonds. The van der Waals surface area contributed by atoms with Crippen molar-refractivity contribution in [1.82, 2.24) is 10.2 Å². The third kappa shape index (κ3) is 4.59. The fourth-order valence-electron chi connectivity index (χ4n) is 2.69. The van der Waals surface area contributed by atoms with E-state index in [2.05, 4.69) is 44.0 Å². The summed E-state index contributed by atoms with van der Waals surface area (Å²) in [5.74, 6) is 0. The van der Waals surface area contributed by atoms with Crippen molar-refractivity contribution in [3.05, 3.63) is 0 Å². The van der Waals surface area contributed by atoms with E-state index in [4.69, 9.17) is 0 Å². The summed E-state index contributed by atoms with van der Waals surface area (Å²) in [6.07, 6.45) is 5.70. The third-order valence-electron chi connectivity index (χ3n) is 3.90. The highest BCUT2D eigenvalue weighted by atomic mass is 15.2. The predicted octanol–water partition coefficient (Wildman–Crippen LogP) is 2.92. The van der Waals surface area contributed by atoms with Crippen LogP contribution in [0.1, 0.15) is 59.8 Å². The van der Waals surface area contributed by atoms with E-state index in [0.29, 0.717) is 6.04 Å². The molecule has 1 atom stereocenters. The monoisotopic (exact) mass is 251 g/mol. The molecule has 1 aliphatic rings. The summed E-state index contributed by atoms with van der Waals surface area (Å²) in [5, 5.41) is 12.9. The minimum atomic E-state index is -0.322. The lowest BCUT2D eigenvalue weighted by atomic mass is 9.91. The van der Waals surface area contributed by atoms with E-state index >= 15 is 0 Å². The van der Waals surface area contributed by atoms with E-state index < -0.39 is 0 Å². The first-order chi connectivity index (χ1) is 8.56. The van der Waals surface area contributed by atoms with Crippen molar-refractivity contribution in [2.75, 3.05) is 13.1 Å². The average molecular weight is 251 g/mol. The zero-order valence-corrected chi connectivity index (χ0v) is 12.5. The fraction of sp³-hybridized carbons (Fsp3) is 0.933. The summed E-state index contributed by atoms with van der Waals surface area (Å²) in [6, 6.07) is 3.71. The average Bonchev–Trinajstić information content (AvgIpc) is 3.17. The van der Waals surface area contributed by atoms with Crippen molar-refractivity contribution in [3.63, 3.8) is 0 Å². The van der Waals surface area contributed by atoms with Crippen LogP contribution < -0.4 is 5.32 Å². The van der Waals surface area contributed by atoms with Gasteiger partial charge in [0.25, 0.3) is 0 Å². The van der Waals surface area contributed by atoms with Crippen LogP contribution in [0.3, 0.4) is 0 Å². The molecule has 0 saturated heterocycles. The second kappa shape index (κ2) is 7.11. The molecule has 1 unspecified atom stereocenters. The first kappa shape index (κ1) is 15.5. The smallest absolute Gasteiger partial charge is 0.106 e. The van der Waals surface area contributed by atoms with Crippen LogP contribution >= 0.6 is 0 Å². The maximum atomic E-state index is 9.44. The van der Waals surface area contributed by atoms with Crippen LogP contribution in [-0.4, -0.2) is 35.6 Å². The first-order valence-corrected chi connectivity index (χ1v) is 7.50. The third-order valence-corrected chi connectivity index (χ3v) is 3.90. The van der Waals surface area contributed by atoms with Crippen LogP contribution in [-0.2, 0) is 0 Å². The van der Waals surface area contributed by atoms with Gasteiger partial charge in [-0.25, -0.2) is 0 Å². The molecule has 1 aliphatic carbocycles. The SMILES string of the molecule is CCN(CCCC(C#N)(CC)NC(C)C)C1CC1. The summed E-state index contributed by atoms with van der Waals surface area (Å²) < 4.78 is 0. The second-order valence-corrected chi connectivity index (χ2v) is 5.81. The molecule has 104 valence electrons. The summed E-state index contributed by atoms with van der Waals surface area (Å²) in [6.45, 7) is 10.9.